The molecule has 1 aliphatic carbocycles. The highest BCUT2D eigenvalue weighted by atomic mass is 16.5. The molecule has 2 heterocycles. The standard InChI is InChI=1S/C26H38N4O3/c1-17(2)33-15-9-14-30-24(31)23-27-21-11-6-7-13-22(21)29(23)16-26(30,5)25(32)28-20-12-8-10-18(3)19(20)4/h6-7,11,13,17-20H,8-10,12,14-16H2,1-5H3,(H,28,32)/t18-,19-,20+,26+/m0/s1. The molecule has 0 unspecified atom stereocenters. The third-order valence-corrected chi connectivity index (χ3v) is 7.64. The summed E-state index contributed by atoms with van der Waals surface area (Å²) in [4.78, 5) is 33.8. The van der Waals surface area contributed by atoms with Gasteiger partial charge in [-0.05, 0) is 57.6 Å². The molecule has 4 atom stereocenters. The van der Waals surface area contributed by atoms with Gasteiger partial charge in [0.1, 0.15) is 5.54 Å². The number of nitrogens with zero attached hydrogens (tertiary/aromatic N) is 3. The Kier molecular flexibility index (Phi) is 6.80. The third kappa shape index (κ3) is 4.52. The molecule has 2 aromatic rings. The number of aromatic nitrogens is 2. The summed E-state index contributed by atoms with van der Waals surface area (Å²) in [5.41, 5.74) is 0.678. The average molecular weight is 455 g/mol. The summed E-state index contributed by atoms with van der Waals surface area (Å²) in [7, 11) is 0. The summed E-state index contributed by atoms with van der Waals surface area (Å²) in [5.74, 6) is 1.15. The molecule has 7 nitrogen and oxygen atoms in total. The molecule has 0 spiro atoms. The first-order chi connectivity index (χ1) is 15.7. The monoisotopic (exact) mass is 454 g/mol. The van der Waals surface area contributed by atoms with E-state index in [4.69, 9.17) is 4.74 Å². The lowest BCUT2D eigenvalue weighted by Crippen LogP contribution is -2.65. The molecule has 1 aromatic heterocycles. The van der Waals surface area contributed by atoms with Gasteiger partial charge in [0.05, 0.1) is 23.7 Å². The first-order valence-corrected chi connectivity index (χ1v) is 12.4. The Morgan fingerprint density at radius 1 is 1.27 bits per heavy atom. The van der Waals surface area contributed by atoms with Crippen molar-refractivity contribution in [2.24, 2.45) is 11.8 Å². The first kappa shape index (κ1) is 23.7. The SMILES string of the molecule is CC(C)OCCCN1C(=O)c2nc3ccccc3n2C[C@]1(C)C(=O)N[C@@H]1CCC[C@H](C)[C@@H]1C. The molecule has 2 aliphatic rings. The zero-order valence-corrected chi connectivity index (χ0v) is 20.6. The van der Waals surface area contributed by atoms with E-state index in [0.29, 0.717) is 43.8 Å². The van der Waals surface area contributed by atoms with E-state index < -0.39 is 5.54 Å². The van der Waals surface area contributed by atoms with E-state index in [-0.39, 0.29) is 24.0 Å². The van der Waals surface area contributed by atoms with Crippen LogP contribution >= 0.6 is 0 Å². The van der Waals surface area contributed by atoms with Crippen LogP contribution in [0.1, 0.15) is 70.9 Å². The molecule has 4 rings (SSSR count). The number of amides is 2. The van der Waals surface area contributed by atoms with Gasteiger partial charge in [0.25, 0.3) is 5.91 Å². The van der Waals surface area contributed by atoms with E-state index in [9.17, 15) is 9.59 Å². The molecule has 33 heavy (non-hydrogen) atoms. The topological polar surface area (TPSA) is 76.5 Å². The zero-order chi connectivity index (χ0) is 23.8. The Balaban J connectivity index is 1.64. The van der Waals surface area contributed by atoms with Gasteiger partial charge in [-0.15, -0.1) is 0 Å². The summed E-state index contributed by atoms with van der Waals surface area (Å²) in [5, 5.41) is 3.34. The molecular weight excluding hydrogens is 416 g/mol. The molecule has 1 aliphatic heterocycles. The fourth-order valence-electron chi connectivity index (χ4n) is 5.33. The Morgan fingerprint density at radius 2 is 2.03 bits per heavy atom. The molecule has 1 fully saturated rings. The minimum atomic E-state index is -0.994. The van der Waals surface area contributed by atoms with E-state index in [0.717, 1.165) is 23.9 Å². The number of imidazole rings is 1. The Bertz CT molecular complexity index is 1020. The predicted octanol–water partition coefficient (Wildman–Crippen LogP) is 4.01. The van der Waals surface area contributed by atoms with Crippen LogP contribution < -0.4 is 5.32 Å². The van der Waals surface area contributed by atoms with Crippen LogP contribution in [0.25, 0.3) is 11.0 Å². The van der Waals surface area contributed by atoms with Gasteiger partial charge in [-0.3, -0.25) is 9.59 Å². The third-order valence-electron chi connectivity index (χ3n) is 7.64. The molecule has 2 amide bonds. The predicted molar refractivity (Wildman–Crippen MR) is 129 cm³/mol. The number of hydrogen-bond acceptors (Lipinski definition) is 4. The summed E-state index contributed by atoms with van der Waals surface area (Å²) in [6.45, 7) is 11.8. The van der Waals surface area contributed by atoms with Gasteiger partial charge in [0.15, 0.2) is 5.82 Å². The van der Waals surface area contributed by atoms with Crippen molar-refractivity contribution < 1.29 is 14.3 Å². The quantitative estimate of drug-likeness (QED) is 0.642. The van der Waals surface area contributed by atoms with Crippen molar-refractivity contribution in [1.82, 2.24) is 19.8 Å². The van der Waals surface area contributed by atoms with Crippen molar-refractivity contribution in [3.8, 4) is 0 Å². The number of nitrogens with one attached hydrogen (secondary N) is 1. The fraction of sp³-hybridized carbons (Fsp3) is 0.654. The van der Waals surface area contributed by atoms with E-state index in [1.54, 1.807) is 4.90 Å². The van der Waals surface area contributed by atoms with Gasteiger partial charge in [-0.25, -0.2) is 4.98 Å². The largest absolute Gasteiger partial charge is 0.379 e. The van der Waals surface area contributed by atoms with Gasteiger partial charge < -0.3 is 19.5 Å². The van der Waals surface area contributed by atoms with Crippen molar-refractivity contribution in [2.75, 3.05) is 13.2 Å². The average Bonchev–Trinajstić information content (AvgIpc) is 3.14. The zero-order valence-electron chi connectivity index (χ0n) is 20.6. The van der Waals surface area contributed by atoms with Crippen LogP contribution in [0.2, 0.25) is 0 Å². The summed E-state index contributed by atoms with van der Waals surface area (Å²) in [6, 6.07) is 7.89. The van der Waals surface area contributed by atoms with Crippen LogP contribution in [0, 0.1) is 11.8 Å². The maximum atomic E-state index is 13.8. The Labute approximate surface area is 196 Å². The lowest BCUT2D eigenvalue weighted by molar-refractivity contribution is -0.134. The van der Waals surface area contributed by atoms with Gasteiger partial charge in [0.2, 0.25) is 5.91 Å². The number of hydrogen-bond donors (Lipinski definition) is 1. The number of benzene rings is 1. The van der Waals surface area contributed by atoms with Crippen molar-refractivity contribution in [3.05, 3.63) is 30.1 Å². The number of rotatable bonds is 7. The number of carbonyl (C=O) groups is 2. The van der Waals surface area contributed by atoms with Gasteiger partial charge in [-0.1, -0.05) is 38.8 Å². The van der Waals surface area contributed by atoms with E-state index >= 15 is 0 Å². The van der Waals surface area contributed by atoms with Crippen molar-refractivity contribution >= 4 is 22.8 Å². The van der Waals surface area contributed by atoms with Crippen LogP contribution in [0.15, 0.2) is 24.3 Å². The molecular formula is C26H38N4O3. The molecule has 1 saturated carbocycles. The lowest BCUT2D eigenvalue weighted by Gasteiger charge is -2.45. The van der Waals surface area contributed by atoms with Crippen molar-refractivity contribution in [2.45, 2.75) is 84.5 Å². The molecule has 1 aromatic carbocycles. The minimum absolute atomic E-state index is 0.0741. The molecule has 180 valence electrons. The van der Waals surface area contributed by atoms with E-state index in [1.807, 2.05) is 49.6 Å². The molecule has 7 heteroatoms. The first-order valence-electron chi connectivity index (χ1n) is 12.4. The summed E-state index contributed by atoms with van der Waals surface area (Å²) >= 11 is 0. The molecule has 0 saturated heterocycles. The smallest absolute Gasteiger partial charge is 0.290 e. The normalized spacial score (nSPS) is 27.8. The maximum absolute atomic E-state index is 13.8. The Morgan fingerprint density at radius 3 is 2.79 bits per heavy atom. The van der Waals surface area contributed by atoms with Crippen LogP contribution in [0.4, 0.5) is 0 Å². The second-order valence-electron chi connectivity index (χ2n) is 10.4. The second kappa shape index (κ2) is 9.45. The highest BCUT2D eigenvalue weighted by Crippen LogP contribution is 2.33. The number of fused-ring (bicyclic) bond motifs is 3. The van der Waals surface area contributed by atoms with E-state index in [2.05, 4.69) is 24.1 Å². The number of carbonyl (C=O) groups excluding carboxylic acids is 2. The number of ether oxygens (including phenoxy) is 1. The van der Waals surface area contributed by atoms with Crippen LogP contribution in [0.5, 0.6) is 0 Å². The summed E-state index contributed by atoms with van der Waals surface area (Å²) in [6.07, 6.45) is 4.12. The van der Waals surface area contributed by atoms with Crippen LogP contribution in [0.3, 0.4) is 0 Å². The molecule has 0 bridgehead atoms. The van der Waals surface area contributed by atoms with Crippen LogP contribution in [-0.2, 0) is 16.1 Å². The van der Waals surface area contributed by atoms with Crippen LogP contribution in [-0.4, -0.2) is 57.1 Å². The lowest BCUT2D eigenvalue weighted by atomic mass is 9.77. The van der Waals surface area contributed by atoms with Gasteiger partial charge in [0, 0.05) is 19.2 Å². The van der Waals surface area contributed by atoms with Crippen molar-refractivity contribution in [1.29, 1.82) is 0 Å². The minimum Gasteiger partial charge on any atom is -0.379 e. The van der Waals surface area contributed by atoms with Gasteiger partial charge in [-0.2, -0.15) is 0 Å². The number of para-hydroxylation sites is 2. The molecule has 0 radical (unpaired) electrons. The van der Waals surface area contributed by atoms with E-state index in [1.165, 1.54) is 6.42 Å². The maximum Gasteiger partial charge on any atom is 0.290 e. The highest BCUT2D eigenvalue weighted by Gasteiger charge is 2.49. The second-order valence-corrected chi connectivity index (χ2v) is 10.4. The van der Waals surface area contributed by atoms with Crippen molar-refractivity contribution in [3.63, 3.8) is 0 Å². The Hall–Kier alpha value is -2.41. The summed E-state index contributed by atoms with van der Waals surface area (Å²) < 4.78 is 7.62. The van der Waals surface area contributed by atoms with Gasteiger partial charge >= 0.3 is 0 Å². The molecule has 1 N–H and O–H groups in total. The fourth-order valence-corrected chi connectivity index (χ4v) is 5.33. The highest BCUT2D eigenvalue weighted by molar-refractivity contribution is 6.01.